The van der Waals surface area contributed by atoms with Crippen LogP contribution in [0.25, 0.3) is 0 Å². The molecule has 1 saturated heterocycles. The first kappa shape index (κ1) is 29.1. The molecule has 210 valence electrons. The third-order valence-electron chi connectivity index (χ3n) is 6.37. The van der Waals surface area contributed by atoms with E-state index in [0.29, 0.717) is 48.1 Å². The van der Waals surface area contributed by atoms with E-state index in [-0.39, 0.29) is 5.91 Å². The van der Waals surface area contributed by atoms with Crippen molar-refractivity contribution in [2.75, 3.05) is 43.5 Å². The second kappa shape index (κ2) is 12.1. The lowest BCUT2D eigenvalue weighted by molar-refractivity contribution is 0.0745. The standard InChI is InChI=1S/C27H23ClF4N4O3S/c1-14-5-3-4-6-16(14)26(38)36-11-9-35(10-12-36)18-8-7-15(13-17(18)28)33-27(40)34-25(37)19-20(29)22(31)24(39-2)23(32)21(19)30/h3-8,13H,9-12H2,1-2H3,(H2,33,34,37,40). The number of aryl methyl sites for hydroxylation is 1. The van der Waals surface area contributed by atoms with Crippen LogP contribution in [0.15, 0.2) is 42.5 Å². The van der Waals surface area contributed by atoms with Crippen LogP contribution in [0.4, 0.5) is 28.9 Å². The summed E-state index contributed by atoms with van der Waals surface area (Å²) in [4.78, 5) is 29.0. The number of nitrogens with zero attached hydrogens (tertiary/aromatic N) is 2. The van der Waals surface area contributed by atoms with E-state index >= 15 is 0 Å². The van der Waals surface area contributed by atoms with Crippen LogP contribution < -0.4 is 20.3 Å². The van der Waals surface area contributed by atoms with Gasteiger partial charge in [-0.15, -0.1) is 0 Å². The van der Waals surface area contributed by atoms with Gasteiger partial charge < -0.3 is 19.9 Å². The lowest BCUT2D eigenvalue weighted by Gasteiger charge is -2.36. The SMILES string of the molecule is COc1c(F)c(F)c(C(=O)NC(=S)Nc2ccc(N3CCN(C(=O)c4ccccc4C)CC3)c(Cl)c2)c(F)c1F. The minimum atomic E-state index is -1.93. The summed E-state index contributed by atoms with van der Waals surface area (Å²) in [6.45, 7) is 3.99. The highest BCUT2D eigenvalue weighted by Crippen LogP contribution is 2.31. The van der Waals surface area contributed by atoms with Crippen molar-refractivity contribution >= 4 is 52.1 Å². The van der Waals surface area contributed by atoms with E-state index in [9.17, 15) is 27.2 Å². The Morgan fingerprint density at radius 2 is 1.57 bits per heavy atom. The molecule has 0 unspecified atom stereocenters. The summed E-state index contributed by atoms with van der Waals surface area (Å²) >= 11 is 11.5. The van der Waals surface area contributed by atoms with E-state index in [1.807, 2.05) is 35.3 Å². The Morgan fingerprint density at radius 3 is 2.15 bits per heavy atom. The molecule has 0 radical (unpaired) electrons. The van der Waals surface area contributed by atoms with Crippen LogP contribution in [-0.4, -0.2) is 55.1 Å². The van der Waals surface area contributed by atoms with Gasteiger partial charge in [0, 0.05) is 37.4 Å². The van der Waals surface area contributed by atoms with Gasteiger partial charge in [0.25, 0.3) is 11.8 Å². The monoisotopic (exact) mass is 594 g/mol. The van der Waals surface area contributed by atoms with Gasteiger partial charge in [0.2, 0.25) is 11.6 Å². The third-order valence-corrected chi connectivity index (χ3v) is 6.88. The maximum absolute atomic E-state index is 14.2. The number of benzene rings is 3. The van der Waals surface area contributed by atoms with Crippen molar-refractivity contribution in [1.82, 2.24) is 10.2 Å². The van der Waals surface area contributed by atoms with Crippen LogP contribution in [0.2, 0.25) is 5.02 Å². The number of anilines is 2. The maximum Gasteiger partial charge on any atom is 0.263 e. The zero-order valence-electron chi connectivity index (χ0n) is 21.3. The molecule has 4 rings (SSSR count). The third kappa shape index (κ3) is 5.82. The summed E-state index contributed by atoms with van der Waals surface area (Å²) in [5.41, 5.74) is 1.13. The normalized spacial score (nSPS) is 13.2. The average molecular weight is 595 g/mol. The minimum absolute atomic E-state index is 0.0289. The Bertz CT molecular complexity index is 1470. The zero-order chi connectivity index (χ0) is 29.1. The fraction of sp³-hybridized carbons (Fsp3) is 0.222. The summed E-state index contributed by atoms with van der Waals surface area (Å²) in [6, 6.07) is 12.3. The highest BCUT2D eigenvalue weighted by molar-refractivity contribution is 7.80. The smallest absolute Gasteiger partial charge is 0.263 e. The van der Waals surface area contributed by atoms with Gasteiger partial charge in [-0.2, -0.15) is 8.78 Å². The van der Waals surface area contributed by atoms with Crippen LogP contribution in [0.5, 0.6) is 5.75 Å². The summed E-state index contributed by atoms with van der Waals surface area (Å²) in [5, 5.41) is 4.57. The number of hydrogen-bond acceptors (Lipinski definition) is 5. The molecule has 0 aromatic heterocycles. The van der Waals surface area contributed by atoms with E-state index in [4.69, 9.17) is 23.8 Å². The fourth-order valence-electron chi connectivity index (χ4n) is 4.29. The van der Waals surface area contributed by atoms with Gasteiger partial charge in [0.1, 0.15) is 5.56 Å². The molecule has 3 aromatic rings. The Balaban J connectivity index is 1.38. The number of carbonyl (C=O) groups is 2. The highest BCUT2D eigenvalue weighted by Gasteiger charge is 2.30. The minimum Gasteiger partial charge on any atom is -0.491 e. The number of methoxy groups -OCH3 is 1. The Morgan fingerprint density at radius 1 is 0.950 bits per heavy atom. The van der Waals surface area contributed by atoms with Crippen LogP contribution in [0.1, 0.15) is 26.3 Å². The molecule has 13 heteroatoms. The fourth-order valence-corrected chi connectivity index (χ4v) is 4.80. The quantitative estimate of drug-likeness (QED) is 0.237. The van der Waals surface area contributed by atoms with Crippen LogP contribution in [-0.2, 0) is 0 Å². The van der Waals surface area contributed by atoms with Gasteiger partial charge in [-0.25, -0.2) is 8.78 Å². The summed E-state index contributed by atoms with van der Waals surface area (Å²) in [7, 11) is 0.823. The maximum atomic E-state index is 14.2. The van der Waals surface area contributed by atoms with Crippen molar-refractivity contribution in [3.05, 3.63) is 87.4 Å². The lowest BCUT2D eigenvalue weighted by Crippen LogP contribution is -2.49. The molecule has 1 heterocycles. The van der Waals surface area contributed by atoms with E-state index < -0.39 is 45.6 Å². The number of amides is 2. The molecule has 0 saturated carbocycles. The van der Waals surface area contributed by atoms with Gasteiger partial charge >= 0.3 is 0 Å². The van der Waals surface area contributed by atoms with Gasteiger partial charge in [-0.05, 0) is 49.0 Å². The molecule has 0 aliphatic carbocycles. The van der Waals surface area contributed by atoms with Crippen LogP contribution in [0, 0.1) is 30.2 Å². The predicted molar refractivity (Wildman–Crippen MR) is 147 cm³/mol. The topological polar surface area (TPSA) is 73.9 Å². The molecular weight excluding hydrogens is 572 g/mol. The molecule has 2 amide bonds. The van der Waals surface area contributed by atoms with Gasteiger partial charge in [0.15, 0.2) is 22.5 Å². The largest absolute Gasteiger partial charge is 0.491 e. The molecule has 0 spiro atoms. The Labute approximate surface area is 237 Å². The van der Waals surface area contributed by atoms with Gasteiger partial charge in [-0.3, -0.25) is 14.9 Å². The first-order valence-electron chi connectivity index (χ1n) is 11.9. The van der Waals surface area contributed by atoms with E-state index in [2.05, 4.69) is 10.1 Å². The first-order chi connectivity index (χ1) is 19.0. The van der Waals surface area contributed by atoms with Crippen molar-refractivity contribution in [2.45, 2.75) is 6.92 Å². The van der Waals surface area contributed by atoms with Crippen LogP contribution >= 0.6 is 23.8 Å². The molecule has 1 aliphatic heterocycles. The van der Waals surface area contributed by atoms with E-state index in [0.717, 1.165) is 12.7 Å². The van der Waals surface area contributed by atoms with Crippen LogP contribution in [0.3, 0.4) is 0 Å². The highest BCUT2D eigenvalue weighted by atomic mass is 35.5. The molecule has 1 aliphatic rings. The van der Waals surface area contributed by atoms with Gasteiger partial charge in [0.05, 0.1) is 17.8 Å². The Kier molecular flexibility index (Phi) is 8.79. The molecule has 40 heavy (non-hydrogen) atoms. The number of rotatable bonds is 5. The number of thiocarbonyl (C=S) groups is 1. The molecular formula is C27H23ClF4N4O3S. The number of carbonyl (C=O) groups excluding carboxylic acids is 2. The van der Waals surface area contributed by atoms with Crippen molar-refractivity contribution in [3.8, 4) is 5.75 Å². The van der Waals surface area contributed by atoms with Crippen molar-refractivity contribution < 1.29 is 31.9 Å². The predicted octanol–water partition coefficient (Wildman–Crippen LogP) is 5.30. The van der Waals surface area contributed by atoms with Crippen molar-refractivity contribution in [2.24, 2.45) is 0 Å². The van der Waals surface area contributed by atoms with E-state index in [1.54, 1.807) is 23.1 Å². The van der Waals surface area contributed by atoms with Crippen molar-refractivity contribution in [3.63, 3.8) is 0 Å². The summed E-state index contributed by atoms with van der Waals surface area (Å²) in [6.07, 6.45) is 0. The number of halogens is 5. The lowest BCUT2D eigenvalue weighted by atomic mass is 10.1. The molecule has 0 atom stereocenters. The average Bonchev–Trinajstić information content (AvgIpc) is 2.92. The van der Waals surface area contributed by atoms with E-state index in [1.165, 1.54) is 6.07 Å². The zero-order valence-corrected chi connectivity index (χ0v) is 22.9. The second-order valence-corrected chi connectivity index (χ2v) is 9.65. The number of nitrogens with one attached hydrogen (secondary N) is 2. The molecule has 1 fully saturated rings. The van der Waals surface area contributed by atoms with Crippen molar-refractivity contribution in [1.29, 1.82) is 0 Å². The molecule has 2 N–H and O–H groups in total. The number of hydrogen-bond donors (Lipinski definition) is 2. The number of piperazine rings is 1. The number of ether oxygens (including phenoxy) is 1. The first-order valence-corrected chi connectivity index (χ1v) is 12.7. The second-order valence-electron chi connectivity index (χ2n) is 8.83. The molecule has 3 aromatic carbocycles. The summed E-state index contributed by atoms with van der Waals surface area (Å²) in [5.74, 6) is -10.4. The van der Waals surface area contributed by atoms with Gasteiger partial charge in [-0.1, -0.05) is 29.8 Å². The Hall–Kier alpha value is -3.90. The summed E-state index contributed by atoms with van der Waals surface area (Å²) < 4.78 is 60.7. The molecule has 0 bridgehead atoms. The molecule has 7 nitrogen and oxygen atoms in total.